The molecule has 0 bridgehead atoms. The third-order valence-corrected chi connectivity index (χ3v) is 3.23. The van der Waals surface area contributed by atoms with Gasteiger partial charge in [-0.1, -0.05) is 64.6 Å². The molecule has 1 aromatic rings. The summed E-state index contributed by atoms with van der Waals surface area (Å²) in [5, 5.41) is 6.14. The van der Waals surface area contributed by atoms with Crippen molar-refractivity contribution in [2.45, 2.75) is 16.9 Å². The highest BCUT2D eigenvalue weighted by molar-refractivity contribution is 7.80. The summed E-state index contributed by atoms with van der Waals surface area (Å²) in [6.07, 6.45) is -0.701. The zero-order valence-electron chi connectivity index (χ0n) is 9.38. The second kappa shape index (κ2) is 5.21. The van der Waals surface area contributed by atoms with Gasteiger partial charge >= 0.3 is 0 Å². The normalized spacial score (nSPS) is 19.9. The van der Waals surface area contributed by atoms with E-state index in [4.69, 9.17) is 47.0 Å². The number of halogens is 3. The molecule has 1 aliphatic heterocycles. The maximum absolute atomic E-state index is 5.83. The van der Waals surface area contributed by atoms with Crippen molar-refractivity contribution in [3.63, 3.8) is 0 Å². The summed E-state index contributed by atoms with van der Waals surface area (Å²) in [4.78, 5) is 4.31. The van der Waals surface area contributed by atoms with Crippen LogP contribution >= 0.6 is 47.0 Å². The molecule has 1 atom stereocenters. The lowest BCUT2D eigenvalue weighted by molar-refractivity contribution is 0.633. The monoisotopic (exact) mass is 321 g/mol. The minimum absolute atomic E-state index is 0.386. The lowest BCUT2D eigenvalue weighted by Gasteiger charge is -2.29. The van der Waals surface area contributed by atoms with Crippen molar-refractivity contribution in [1.82, 2.24) is 10.6 Å². The number of benzene rings is 1. The van der Waals surface area contributed by atoms with Crippen molar-refractivity contribution < 1.29 is 0 Å². The number of alkyl halides is 3. The van der Waals surface area contributed by atoms with E-state index in [1.807, 2.05) is 31.2 Å². The van der Waals surface area contributed by atoms with Gasteiger partial charge in [0.2, 0.25) is 3.79 Å². The maximum Gasteiger partial charge on any atom is 0.230 e. The zero-order valence-corrected chi connectivity index (χ0v) is 12.5. The van der Waals surface area contributed by atoms with E-state index in [9.17, 15) is 0 Å². The van der Waals surface area contributed by atoms with E-state index in [-0.39, 0.29) is 0 Å². The Bertz CT molecular complexity index is 493. The SMILES string of the molecule is Cc1ccc(C2=NC(C(Cl)(Cl)Cl)NC(=S)N2)cc1. The molecular formula is C11H10Cl3N3S. The number of aliphatic imine (C=N–C) groups is 1. The Balaban J connectivity index is 2.34. The Morgan fingerprint density at radius 1 is 1.22 bits per heavy atom. The molecule has 3 nitrogen and oxygen atoms in total. The van der Waals surface area contributed by atoms with Crippen LogP contribution in [0.5, 0.6) is 0 Å². The maximum atomic E-state index is 5.83. The van der Waals surface area contributed by atoms with Crippen LogP contribution in [0.25, 0.3) is 0 Å². The quantitative estimate of drug-likeness (QED) is 0.616. The number of nitrogens with zero attached hydrogens (tertiary/aromatic N) is 1. The predicted octanol–water partition coefficient (Wildman–Crippen LogP) is 2.92. The van der Waals surface area contributed by atoms with Gasteiger partial charge in [0, 0.05) is 5.56 Å². The first-order valence-electron chi connectivity index (χ1n) is 5.15. The zero-order chi connectivity index (χ0) is 13.3. The van der Waals surface area contributed by atoms with Crippen molar-refractivity contribution in [2.24, 2.45) is 4.99 Å². The van der Waals surface area contributed by atoms with E-state index in [0.29, 0.717) is 10.9 Å². The fraction of sp³-hybridized carbons (Fsp3) is 0.273. The van der Waals surface area contributed by atoms with Crippen LogP contribution in [0, 0.1) is 6.92 Å². The topological polar surface area (TPSA) is 36.4 Å². The van der Waals surface area contributed by atoms with E-state index >= 15 is 0 Å². The Labute approximate surface area is 126 Å². The molecule has 0 spiro atoms. The van der Waals surface area contributed by atoms with Gasteiger partial charge in [0.25, 0.3) is 0 Å². The van der Waals surface area contributed by atoms with Crippen LogP contribution < -0.4 is 10.6 Å². The third kappa shape index (κ3) is 3.26. The molecule has 2 N–H and O–H groups in total. The molecule has 7 heteroatoms. The third-order valence-electron chi connectivity index (χ3n) is 2.39. The van der Waals surface area contributed by atoms with Crippen molar-refractivity contribution in [1.29, 1.82) is 0 Å². The van der Waals surface area contributed by atoms with Gasteiger partial charge in [-0.15, -0.1) is 0 Å². The summed E-state index contributed by atoms with van der Waals surface area (Å²) in [5.41, 5.74) is 2.05. The molecule has 18 heavy (non-hydrogen) atoms. The molecule has 0 aromatic heterocycles. The summed E-state index contributed by atoms with van der Waals surface area (Å²) in [7, 11) is 0. The van der Waals surface area contributed by atoms with Gasteiger partial charge < -0.3 is 10.6 Å². The Morgan fingerprint density at radius 2 is 1.83 bits per heavy atom. The van der Waals surface area contributed by atoms with Crippen LogP contribution in [-0.4, -0.2) is 20.9 Å². The molecule has 2 rings (SSSR count). The van der Waals surface area contributed by atoms with Gasteiger partial charge in [0.05, 0.1) is 0 Å². The van der Waals surface area contributed by atoms with E-state index in [0.717, 1.165) is 11.1 Å². The van der Waals surface area contributed by atoms with Gasteiger partial charge in [0.1, 0.15) is 5.84 Å². The first kappa shape index (κ1) is 13.9. The van der Waals surface area contributed by atoms with E-state index < -0.39 is 9.96 Å². The van der Waals surface area contributed by atoms with Crippen molar-refractivity contribution in [3.8, 4) is 0 Å². The summed E-state index contributed by atoms with van der Waals surface area (Å²) in [5.74, 6) is 0.593. The van der Waals surface area contributed by atoms with E-state index in [2.05, 4.69) is 15.6 Å². The number of hydrogen-bond acceptors (Lipinski definition) is 2. The second-order valence-electron chi connectivity index (χ2n) is 3.89. The standard InChI is InChI=1S/C11H10Cl3N3S/c1-6-2-4-7(5-3-6)8-15-9(11(12,13)14)17-10(18)16-8/h2-5,9H,1H3,(H2,15,16,17,18). The number of hydrogen-bond donors (Lipinski definition) is 2. The van der Waals surface area contributed by atoms with E-state index in [1.54, 1.807) is 0 Å². The highest BCUT2D eigenvalue weighted by atomic mass is 35.6. The van der Waals surface area contributed by atoms with Gasteiger partial charge in [-0.2, -0.15) is 0 Å². The molecule has 0 fully saturated rings. The number of aryl methyl sites for hydroxylation is 1. The van der Waals surface area contributed by atoms with Crippen LogP contribution in [-0.2, 0) is 0 Å². The fourth-order valence-corrected chi connectivity index (χ4v) is 1.99. The predicted molar refractivity (Wildman–Crippen MR) is 80.7 cm³/mol. The van der Waals surface area contributed by atoms with Crippen molar-refractivity contribution in [3.05, 3.63) is 35.4 Å². The smallest absolute Gasteiger partial charge is 0.230 e. The molecule has 0 saturated carbocycles. The number of nitrogens with one attached hydrogen (secondary N) is 2. The first-order chi connectivity index (χ1) is 8.36. The molecule has 0 amide bonds. The van der Waals surface area contributed by atoms with Crippen LogP contribution in [0.3, 0.4) is 0 Å². The van der Waals surface area contributed by atoms with Crippen LogP contribution in [0.2, 0.25) is 0 Å². The van der Waals surface area contributed by atoms with Crippen LogP contribution in [0.15, 0.2) is 29.3 Å². The summed E-state index contributed by atoms with van der Waals surface area (Å²) < 4.78 is -1.55. The highest BCUT2D eigenvalue weighted by Crippen LogP contribution is 2.31. The number of thiocarbonyl (C=S) groups is 1. The lowest BCUT2D eigenvalue weighted by atomic mass is 10.1. The Hall–Kier alpha value is -0.550. The minimum Gasteiger partial charge on any atom is -0.337 e. The molecule has 1 unspecified atom stereocenters. The summed E-state index contributed by atoms with van der Waals surface area (Å²) in [6, 6.07) is 7.83. The van der Waals surface area contributed by atoms with Crippen molar-refractivity contribution in [2.75, 3.05) is 0 Å². The average molecular weight is 323 g/mol. The van der Waals surface area contributed by atoms with Crippen molar-refractivity contribution >= 4 is 58.0 Å². The highest BCUT2D eigenvalue weighted by Gasteiger charge is 2.35. The van der Waals surface area contributed by atoms with Crippen LogP contribution in [0.4, 0.5) is 0 Å². The minimum atomic E-state index is -1.55. The van der Waals surface area contributed by atoms with Gasteiger partial charge in [-0.05, 0) is 19.1 Å². The molecule has 96 valence electrons. The molecule has 0 aliphatic carbocycles. The Kier molecular flexibility index (Phi) is 4.02. The summed E-state index contributed by atoms with van der Waals surface area (Å²) in [6.45, 7) is 2.01. The van der Waals surface area contributed by atoms with Gasteiger partial charge in [-0.3, -0.25) is 0 Å². The molecule has 1 heterocycles. The lowest BCUT2D eigenvalue weighted by Crippen LogP contribution is -2.54. The summed E-state index contributed by atoms with van der Waals surface area (Å²) >= 11 is 22.6. The van der Waals surface area contributed by atoms with E-state index in [1.165, 1.54) is 0 Å². The largest absolute Gasteiger partial charge is 0.337 e. The number of rotatable bonds is 1. The first-order valence-corrected chi connectivity index (χ1v) is 6.69. The molecule has 1 aliphatic rings. The van der Waals surface area contributed by atoms with Gasteiger partial charge in [0.15, 0.2) is 11.3 Å². The van der Waals surface area contributed by atoms with Gasteiger partial charge in [-0.25, -0.2) is 4.99 Å². The molecule has 0 saturated heterocycles. The molecule has 0 radical (unpaired) electrons. The average Bonchev–Trinajstić information content (AvgIpc) is 2.28. The number of amidine groups is 1. The Morgan fingerprint density at radius 3 is 2.39 bits per heavy atom. The molecular weight excluding hydrogens is 313 g/mol. The van der Waals surface area contributed by atoms with Crippen LogP contribution in [0.1, 0.15) is 11.1 Å². The second-order valence-corrected chi connectivity index (χ2v) is 6.66. The fourth-order valence-electron chi connectivity index (χ4n) is 1.47. The molecule has 1 aromatic carbocycles.